The van der Waals surface area contributed by atoms with Crippen molar-refractivity contribution in [2.24, 2.45) is 0 Å². The van der Waals surface area contributed by atoms with Crippen LogP contribution in [-0.4, -0.2) is 30.2 Å². The number of hydrogen-bond acceptors (Lipinski definition) is 5. The molecular weight excluding hydrogens is 430 g/mol. The van der Waals surface area contributed by atoms with Gasteiger partial charge in [-0.15, -0.1) is 0 Å². The zero-order chi connectivity index (χ0) is 23.7. The van der Waals surface area contributed by atoms with Crippen LogP contribution < -0.4 is 14.8 Å². The zero-order valence-corrected chi connectivity index (χ0v) is 19.1. The van der Waals surface area contributed by atoms with E-state index in [0.29, 0.717) is 18.7 Å². The number of aliphatic hydroxyl groups is 1. The number of carbonyl (C=O) groups excluding carboxylic acids is 2. The molecule has 2 aliphatic rings. The molecule has 0 spiro atoms. The van der Waals surface area contributed by atoms with Gasteiger partial charge in [0.05, 0.1) is 5.41 Å². The molecule has 1 saturated carbocycles. The van der Waals surface area contributed by atoms with E-state index < -0.39 is 17.9 Å². The Bertz CT molecular complexity index is 1240. The first kappa shape index (κ1) is 22.2. The van der Waals surface area contributed by atoms with Crippen LogP contribution in [0.2, 0.25) is 0 Å². The minimum Gasteiger partial charge on any atom is -0.454 e. The number of aliphatic hydroxyl groups excluding tert-OH is 1. The number of amides is 1. The van der Waals surface area contributed by atoms with Gasteiger partial charge in [-0.1, -0.05) is 48.5 Å². The minimum absolute atomic E-state index is 0.226. The van der Waals surface area contributed by atoms with E-state index >= 15 is 0 Å². The van der Waals surface area contributed by atoms with Crippen molar-refractivity contribution < 1.29 is 24.2 Å². The third-order valence-corrected chi connectivity index (χ3v) is 6.77. The maximum atomic E-state index is 13.4. The summed E-state index contributed by atoms with van der Waals surface area (Å²) in [5.74, 6) is 1.29. The summed E-state index contributed by atoms with van der Waals surface area (Å²) in [5.41, 5.74) is 5.82. The summed E-state index contributed by atoms with van der Waals surface area (Å²) >= 11 is 0. The van der Waals surface area contributed by atoms with E-state index in [4.69, 9.17) is 14.6 Å². The fraction of sp³-hybridized carbons (Fsp3) is 0.286. The number of fused-ring (bicyclic) bond motifs is 1. The van der Waals surface area contributed by atoms with Crippen molar-refractivity contribution >= 4 is 11.7 Å². The number of benzene rings is 3. The van der Waals surface area contributed by atoms with Gasteiger partial charge in [0.2, 0.25) is 12.7 Å². The van der Waals surface area contributed by atoms with Crippen LogP contribution in [0.15, 0.2) is 60.7 Å². The Morgan fingerprint density at radius 3 is 2.41 bits per heavy atom. The topological polar surface area (TPSA) is 84.9 Å². The van der Waals surface area contributed by atoms with Crippen molar-refractivity contribution in [1.82, 2.24) is 5.32 Å². The number of ether oxygens (including phenoxy) is 2. The lowest BCUT2D eigenvalue weighted by Crippen LogP contribution is -2.25. The molecule has 0 unspecified atom stereocenters. The van der Waals surface area contributed by atoms with Crippen LogP contribution in [0.25, 0.3) is 11.1 Å². The van der Waals surface area contributed by atoms with Gasteiger partial charge in [0.15, 0.2) is 11.5 Å². The third kappa shape index (κ3) is 4.29. The molecule has 0 bridgehead atoms. The summed E-state index contributed by atoms with van der Waals surface area (Å²) < 4.78 is 10.9. The summed E-state index contributed by atoms with van der Waals surface area (Å²) in [6.45, 7) is 2.14. The van der Waals surface area contributed by atoms with Crippen LogP contribution in [0.1, 0.15) is 35.1 Å². The Kier molecular flexibility index (Phi) is 5.84. The fourth-order valence-corrected chi connectivity index (χ4v) is 4.55. The first-order valence-corrected chi connectivity index (χ1v) is 11.5. The molecule has 0 radical (unpaired) electrons. The monoisotopic (exact) mass is 457 g/mol. The van der Waals surface area contributed by atoms with E-state index in [1.165, 1.54) is 0 Å². The first-order valence-electron chi connectivity index (χ1n) is 11.5. The van der Waals surface area contributed by atoms with Gasteiger partial charge in [-0.2, -0.15) is 0 Å². The van der Waals surface area contributed by atoms with Crippen LogP contribution >= 0.6 is 0 Å². The van der Waals surface area contributed by atoms with E-state index in [1.54, 1.807) is 0 Å². The second-order valence-corrected chi connectivity index (χ2v) is 9.03. The molecule has 6 nitrogen and oxygen atoms in total. The predicted molar refractivity (Wildman–Crippen MR) is 128 cm³/mol. The second kappa shape index (κ2) is 8.95. The highest BCUT2D eigenvalue weighted by atomic mass is 16.7. The van der Waals surface area contributed by atoms with E-state index in [9.17, 15) is 9.59 Å². The molecule has 1 amide bonds. The molecule has 0 atom stereocenters. The van der Waals surface area contributed by atoms with Gasteiger partial charge in [0.25, 0.3) is 0 Å². The van der Waals surface area contributed by atoms with Crippen molar-refractivity contribution in [2.45, 2.75) is 38.1 Å². The van der Waals surface area contributed by atoms with E-state index in [0.717, 1.165) is 52.0 Å². The lowest BCUT2D eigenvalue weighted by atomic mass is 9.87. The van der Waals surface area contributed by atoms with Crippen molar-refractivity contribution in [3.8, 4) is 22.6 Å². The molecule has 2 N–H and O–H groups in total. The number of ketones is 1. The highest BCUT2D eigenvalue weighted by molar-refractivity contribution is 5.95. The molecule has 34 heavy (non-hydrogen) atoms. The average molecular weight is 458 g/mol. The van der Waals surface area contributed by atoms with Gasteiger partial charge in [0, 0.05) is 13.0 Å². The molecule has 5 rings (SSSR count). The zero-order valence-electron chi connectivity index (χ0n) is 19.1. The van der Waals surface area contributed by atoms with Gasteiger partial charge in [-0.05, 0) is 65.3 Å². The number of carbonyl (C=O) groups is 2. The van der Waals surface area contributed by atoms with Crippen molar-refractivity contribution in [3.05, 3.63) is 82.9 Å². The standard InChI is InChI=1S/C28H27NO5/c1-18-2-3-20(12-23(18)21-6-4-19(5-7-21)15-29-27(32)16-30)13-26(31)28(10-11-28)22-8-9-24-25(14-22)34-17-33-24/h2-9,12,14,30H,10-11,13,15-17H2,1H3,(H,29,32). The van der Waals surface area contributed by atoms with Crippen molar-refractivity contribution in [2.75, 3.05) is 13.4 Å². The Hall–Kier alpha value is -3.64. The Labute approximate surface area is 198 Å². The highest BCUT2D eigenvalue weighted by Crippen LogP contribution is 2.51. The van der Waals surface area contributed by atoms with E-state index in [2.05, 4.69) is 24.4 Å². The van der Waals surface area contributed by atoms with Gasteiger partial charge in [-0.3, -0.25) is 9.59 Å². The van der Waals surface area contributed by atoms with Gasteiger partial charge in [0.1, 0.15) is 12.4 Å². The van der Waals surface area contributed by atoms with Gasteiger partial charge < -0.3 is 19.9 Å². The molecule has 1 aliphatic heterocycles. The largest absolute Gasteiger partial charge is 0.454 e. The maximum Gasteiger partial charge on any atom is 0.245 e. The molecule has 3 aromatic carbocycles. The smallest absolute Gasteiger partial charge is 0.245 e. The normalized spacial score (nSPS) is 15.1. The first-order chi connectivity index (χ1) is 16.5. The Morgan fingerprint density at radius 1 is 0.941 bits per heavy atom. The average Bonchev–Trinajstić information content (AvgIpc) is 3.54. The lowest BCUT2D eigenvalue weighted by molar-refractivity contribution is -0.124. The molecule has 6 heteroatoms. The third-order valence-electron chi connectivity index (χ3n) is 6.77. The summed E-state index contributed by atoms with van der Waals surface area (Å²) in [4.78, 5) is 24.7. The number of rotatable bonds is 8. The number of hydrogen-bond donors (Lipinski definition) is 2. The van der Waals surface area contributed by atoms with Gasteiger partial charge in [-0.25, -0.2) is 0 Å². The summed E-state index contributed by atoms with van der Waals surface area (Å²) in [6, 6.07) is 20.0. The lowest BCUT2D eigenvalue weighted by Gasteiger charge is -2.16. The summed E-state index contributed by atoms with van der Waals surface area (Å²) in [5, 5.41) is 11.5. The predicted octanol–water partition coefficient (Wildman–Crippen LogP) is 3.84. The summed E-state index contributed by atoms with van der Waals surface area (Å²) in [6.07, 6.45) is 2.10. The van der Waals surface area contributed by atoms with Crippen LogP contribution in [0.4, 0.5) is 0 Å². The van der Waals surface area contributed by atoms with Crippen LogP contribution in [-0.2, 0) is 28.0 Å². The second-order valence-electron chi connectivity index (χ2n) is 9.03. The minimum atomic E-state index is -0.515. The van der Waals surface area contributed by atoms with Crippen molar-refractivity contribution in [1.29, 1.82) is 0 Å². The molecule has 0 aromatic heterocycles. The van der Waals surface area contributed by atoms with Crippen LogP contribution in [0.5, 0.6) is 11.5 Å². The molecule has 0 saturated heterocycles. The highest BCUT2D eigenvalue weighted by Gasteiger charge is 2.50. The van der Waals surface area contributed by atoms with E-state index in [-0.39, 0.29) is 12.6 Å². The molecule has 3 aromatic rings. The van der Waals surface area contributed by atoms with Gasteiger partial charge >= 0.3 is 0 Å². The quantitative estimate of drug-likeness (QED) is 0.537. The molecule has 1 heterocycles. The SMILES string of the molecule is Cc1ccc(CC(=O)C2(c3ccc4c(c3)OCO4)CC2)cc1-c1ccc(CNC(=O)CO)cc1. The van der Waals surface area contributed by atoms with Crippen LogP contribution in [0.3, 0.4) is 0 Å². The Balaban J connectivity index is 1.32. The van der Waals surface area contributed by atoms with E-state index in [1.807, 2.05) is 48.5 Å². The molecule has 1 aliphatic carbocycles. The molecule has 174 valence electrons. The molecular formula is C28H27NO5. The Morgan fingerprint density at radius 2 is 1.68 bits per heavy atom. The van der Waals surface area contributed by atoms with Crippen molar-refractivity contribution in [3.63, 3.8) is 0 Å². The van der Waals surface area contributed by atoms with Crippen LogP contribution in [0, 0.1) is 6.92 Å². The maximum absolute atomic E-state index is 13.4. The number of aryl methyl sites for hydroxylation is 1. The number of nitrogens with one attached hydrogen (secondary N) is 1. The molecule has 1 fully saturated rings. The summed E-state index contributed by atoms with van der Waals surface area (Å²) in [7, 11) is 0. The number of Topliss-reactive ketones (excluding diaryl/α,β-unsaturated/α-hetero) is 1. The fourth-order valence-electron chi connectivity index (χ4n) is 4.55.